The topological polar surface area (TPSA) is 88.4 Å². The molecule has 0 aliphatic carbocycles. The second-order valence-electron chi connectivity index (χ2n) is 7.03. The maximum atomic E-state index is 12.7. The Kier molecular flexibility index (Phi) is 9.00. The van der Waals surface area contributed by atoms with Crippen molar-refractivity contribution < 1.29 is 28.5 Å². The lowest BCUT2D eigenvalue weighted by atomic mass is 10.2. The van der Waals surface area contributed by atoms with E-state index in [9.17, 15) is 9.59 Å². The number of methoxy groups -OCH3 is 2. The van der Waals surface area contributed by atoms with Gasteiger partial charge in [-0.3, -0.25) is 4.79 Å². The highest BCUT2D eigenvalue weighted by atomic mass is 32.1. The van der Waals surface area contributed by atoms with Crippen molar-refractivity contribution in [2.75, 3.05) is 34.0 Å². The molecule has 2 aromatic carbocycles. The van der Waals surface area contributed by atoms with Crippen molar-refractivity contribution in [1.82, 2.24) is 4.57 Å². The molecule has 0 saturated carbocycles. The van der Waals surface area contributed by atoms with E-state index in [1.165, 1.54) is 17.4 Å². The van der Waals surface area contributed by atoms with E-state index in [2.05, 4.69) is 4.99 Å². The number of carbonyl (C=O) groups is 2. The zero-order valence-electron chi connectivity index (χ0n) is 19.7. The molecule has 0 aliphatic heterocycles. The molecule has 3 rings (SSSR count). The van der Waals surface area contributed by atoms with Crippen LogP contribution in [0.15, 0.2) is 47.5 Å². The van der Waals surface area contributed by atoms with E-state index in [-0.39, 0.29) is 5.97 Å². The zero-order valence-corrected chi connectivity index (χ0v) is 20.5. The van der Waals surface area contributed by atoms with Crippen LogP contribution in [-0.2, 0) is 20.8 Å². The third-order valence-electron chi connectivity index (χ3n) is 4.89. The summed E-state index contributed by atoms with van der Waals surface area (Å²) in [6, 6.07) is 10.7. The lowest BCUT2D eigenvalue weighted by Gasteiger charge is -2.07. The highest BCUT2D eigenvalue weighted by molar-refractivity contribution is 7.16. The van der Waals surface area contributed by atoms with Crippen LogP contribution in [0.1, 0.15) is 29.8 Å². The molecular weight excluding hydrogens is 456 g/mol. The minimum atomic E-state index is -0.405. The highest BCUT2D eigenvalue weighted by Gasteiger charge is 2.12. The normalized spacial score (nSPS) is 11.8. The Morgan fingerprint density at radius 1 is 1.03 bits per heavy atom. The van der Waals surface area contributed by atoms with Gasteiger partial charge in [0, 0.05) is 19.2 Å². The van der Waals surface area contributed by atoms with E-state index in [0.717, 1.165) is 15.8 Å². The summed E-state index contributed by atoms with van der Waals surface area (Å²) < 4.78 is 23.9. The Labute approximate surface area is 202 Å². The number of hydrogen-bond donors (Lipinski definition) is 0. The van der Waals surface area contributed by atoms with Gasteiger partial charge in [0.1, 0.15) is 0 Å². The van der Waals surface area contributed by atoms with Crippen LogP contribution in [0.5, 0.6) is 11.5 Å². The van der Waals surface area contributed by atoms with Crippen molar-refractivity contribution in [2.24, 2.45) is 4.99 Å². The van der Waals surface area contributed by atoms with Gasteiger partial charge >= 0.3 is 5.97 Å². The standard InChI is InChI=1S/C25H28N2O6S/c1-5-32-14-13-27-19-10-9-18(24(29)33-6-2)16-22(19)34-25(27)26-23(28)12-8-17-7-11-20(30-3)21(15-17)31-4/h7-12,15-16H,5-6,13-14H2,1-4H3. The third-order valence-corrected chi connectivity index (χ3v) is 5.93. The van der Waals surface area contributed by atoms with Gasteiger partial charge in [-0.15, -0.1) is 0 Å². The predicted octanol–water partition coefficient (Wildman–Crippen LogP) is 4.07. The molecule has 0 N–H and O–H groups in total. The molecule has 9 heteroatoms. The average Bonchev–Trinajstić information content (AvgIpc) is 3.18. The lowest BCUT2D eigenvalue weighted by Crippen LogP contribution is -2.19. The van der Waals surface area contributed by atoms with Crippen molar-refractivity contribution in [2.45, 2.75) is 20.4 Å². The molecule has 0 aliphatic rings. The van der Waals surface area contributed by atoms with Crippen molar-refractivity contribution >= 4 is 39.5 Å². The van der Waals surface area contributed by atoms with Gasteiger partial charge in [-0.25, -0.2) is 4.79 Å². The Bertz CT molecular complexity index is 1260. The molecule has 0 saturated heterocycles. The first-order valence-corrected chi connectivity index (χ1v) is 11.7. The Balaban J connectivity index is 1.94. The number of aromatic nitrogens is 1. The van der Waals surface area contributed by atoms with Gasteiger partial charge in [0.2, 0.25) is 0 Å². The summed E-state index contributed by atoms with van der Waals surface area (Å²) in [6.07, 6.45) is 3.08. The fourth-order valence-corrected chi connectivity index (χ4v) is 4.37. The number of nitrogens with zero attached hydrogens (tertiary/aromatic N) is 2. The van der Waals surface area contributed by atoms with Gasteiger partial charge in [0.15, 0.2) is 16.3 Å². The quantitative estimate of drug-likeness (QED) is 0.245. The minimum absolute atomic E-state index is 0.303. The summed E-state index contributed by atoms with van der Waals surface area (Å²) in [7, 11) is 3.12. The maximum Gasteiger partial charge on any atom is 0.338 e. The second kappa shape index (κ2) is 12.2. The SMILES string of the molecule is CCOCCn1c(=NC(=O)C=Cc2ccc(OC)c(OC)c2)sc2cc(C(=O)OCC)ccc21. The summed E-state index contributed by atoms with van der Waals surface area (Å²) in [5.41, 5.74) is 2.10. The van der Waals surface area contributed by atoms with Gasteiger partial charge in [0.05, 0.1) is 43.2 Å². The third kappa shape index (κ3) is 6.12. The fourth-order valence-electron chi connectivity index (χ4n) is 3.27. The molecule has 1 amide bonds. The van der Waals surface area contributed by atoms with E-state index in [0.29, 0.717) is 48.2 Å². The summed E-state index contributed by atoms with van der Waals surface area (Å²) in [5, 5.41) is 0. The lowest BCUT2D eigenvalue weighted by molar-refractivity contribution is -0.113. The van der Waals surface area contributed by atoms with Gasteiger partial charge < -0.3 is 23.5 Å². The molecule has 0 fully saturated rings. The fraction of sp³-hybridized carbons (Fsp3) is 0.320. The zero-order chi connectivity index (χ0) is 24.5. The first kappa shape index (κ1) is 25.2. The van der Waals surface area contributed by atoms with Crippen LogP contribution >= 0.6 is 11.3 Å². The Morgan fingerprint density at radius 2 is 1.82 bits per heavy atom. The highest BCUT2D eigenvalue weighted by Crippen LogP contribution is 2.28. The van der Waals surface area contributed by atoms with Gasteiger partial charge in [0.25, 0.3) is 5.91 Å². The number of carbonyl (C=O) groups excluding carboxylic acids is 2. The molecule has 0 spiro atoms. The van der Waals surface area contributed by atoms with Crippen molar-refractivity contribution in [1.29, 1.82) is 0 Å². The number of esters is 1. The Hall–Kier alpha value is -3.43. The van der Waals surface area contributed by atoms with E-state index in [1.807, 2.05) is 23.6 Å². The van der Waals surface area contributed by atoms with Crippen LogP contribution in [0, 0.1) is 0 Å². The van der Waals surface area contributed by atoms with E-state index in [4.69, 9.17) is 18.9 Å². The molecule has 34 heavy (non-hydrogen) atoms. The smallest absolute Gasteiger partial charge is 0.338 e. The molecule has 0 bridgehead atoms. The summed E-state index contributed by atoms with van der Waals surface area (Å²) in [4.78, 5) is 29.6. The number of rotatable bonds is 10. The summed E-state index contributed by atoms with van der Waals surface area (Å²) >= 11 is 1.33. The monoisotopic (exact) mass is 484 g/mol. The van der Waals surface area contributed by atoms with Crippen molar-refractivity contribution in [3.63, 3.8) is 0 Å². The summed E-state index contributed by atoms with van der Waals surface area (Å²) in [5.74, 6) is 0.395. The van der Waals surface area contributed by atoms with E-state index in [1.54, 1.807) is 51.5 Å². The molecule has 0 radical (unpaired) electrons. The number of ether oxygens (including phenoxy) is 4. The van der Waals surface area contributed by atoms with Crippen LogP contribution < -0.4 is 14.3 Å². The molecule has 0 atom stereocenters. The number of hydrogen-bond acceptors (Lipinski definition) is 7. The Morgan fingerprint density at radius 3 is 2.53 bits per heavy atom. The van der Waals surface area contributed by atoms with Crippen molar-refractivity contribution in [3.05, 3.63) is 58.4 Å². The average molecular weight is 485 g/mol. The molecule has 8 nitrogen and oxygen atoms in total. The number of thiazole rings is 1. The van der Waals surface area contributed by atoms with E-state index < -0.39 is 5.91 Å². The molecule has 180 valence electrons. The first-order valence-electron chi connectivity index (χ1n) is 10.9. The predicted molar refractivity (Wildman–Crippen MR) is 131 cm³/mol. The number of benzene rings is 2. The number of amides is 1. The molecule has 3 aromatic rings. The summed E-state index contributed by atoms with van der Waals surface area (Å²) in [6.45, 7) is 5.59. The van der Waals surface area contributed by atoms with Gasteiger partial charge in [-0.1, -0.05) is 17.4 Å². The van der Waals surface area contributed by atoms with Gasteiger partial charge in [-0.2, -0.15) is 4.99 Å². The van der Waals surface area contributed by atoms with Crippen LogP contribution in [0.25, 0.3) is 16.3 Å². The molecule has 1 heterocycles. The van der Waals surface area contributed by atoms with Crippen LogP contribution in [0.2, 0.25) is 0 Å². The number of fused-ring (bicyclic) bond motifs is 1. The van der Waals surface area contributed by atoms with E-state index >= 15 is 0 Å². The molecule has 1 aromatic heterocycles. The van der Waals surface area contributed by atoms with Crippen molar-refractivity contribution in [3.8, 4) is 11.5 Å². The largest absolute Gasteiger partial charge is 0.493 e. The van der Waals surface area contributed by atoms with Crippen LogP contribution in [0.4, 0.5) is 0 Å². The maximum absolute atomic E-state index is 12.7. The second-order valence-corrected chi connectivity index (χ2v) is 8.04. The van der Waals surface area contributed by atoms with Crippen LogP contribution in [-0.4, -0.2) is 50.5 Å². The first-order chi connectivity index (χ1) is 16.5. The minimum Gasteiger partial charge on any atom is -0.493 e. The molecular formula is C25H28N2O6S. The van der Waals surface area contributed by atoms with Gasteiger partial charge in [-0.05, 0) is 55.8 Å². The molecule has 0 unspecified atom stereocenters. The van der Waals surface area contributed by atoms with Crippen LogP contribution in [0.3, 0.4) is 0 Å².